The standard InChI is InChI=1S/C8H14N2O5S2/c1-2-10(17(14,15)9-7-11)16(12,13)8-5-3-4-6-8/h8H,2-6H2,1H3. The van der Waals surface area contributed by atoms with E-state index in [1.54, 1.807) is 0 Å². The molecule has 7 nitrogen and oxygen atoms in total. The molecular weight excluding hydrogens is 268 g/mol. The molecule has 1 fully saturated rings. The second-order valence-corrected chi connectivity index (χ2v) is 7.59. The van der Waals surface area contributed by atoms with Crippen LogP contribution in [0, 0.1) is 0 Å². The lowest BCUT2D eigenvalue weighted by Crippen LogP contribution is -2.40. The number of hydrogen-bond acceptors (Lipinski definition) is 5. The first-order chi connectivity index (χ1) is 7.86. The molecule has 9 heteroatoms. The minimum absolute atomic E-state index is 0.271. The molecule has 0 heterocycles. The number of carbonyl (C=O) groups excluding carboxylic acids is 1. The molecule has 0 spiro atoms. The monoisotopic (exact) mass is 282 g/mol. The number of isocyanates is 1. The fourth-order valence-electron chi connectivity index (χ4n) is 1.92. The van der Waals surface area contributed by atoms with E-state index in [0.717, 1.165) is 18.9 Å². The first-order valence-electron chi connectivity index (χ1n) is 5.22. The van der Waals surface area contributed by atoms with Crippen molar-refractivity contribution in [3.8, 4) is 0 Å². The van der Waals surface area contributed by atoms with Gasteiger partial charge < -0.3 is 0 Å². The smallest absolute Gasteiger partial charge is 0.211 e. The van der Waals surface area contributed by atoms with Crippen molar-refractivity contribution in [2.45, 2.75) is 37.9 Å². The van der Waals surface area contributed by atoms with Gasteiger partial charge in [0.2, 0.25) is 10.0 Å². The van der Waals surface area contributed by atoms with Gasteiger partial charge in [0.05, 0.1) is 5.25 Å². The van der Waals surface area contributed by atoms with E-state index in [1.807, 2.05) is 0 Å². The predicted octanol–water partition coefficient (Wildman–Crippen LogP) is 0.161. The predicted molar refractivity (Wildman–Crippen MR) is 60.6 cm³/mol. The third-order valence-electron chi connectivity index (χ3n) is 2.68. The molecule has 0 radical (unpaired) electrons. The summed E-state index contributed by atoms with van der Waals surface area (Å²) in [6.07, 6.45) is 3.28. The zero-order chi connectivity index (χ0) is 13.1. The first kappa shape index (κ1) is 14.3. The summed E-state index contributed by atoms with van der Waals surface area (Å²) in [5, 5.41) is -0.695. The van der Waals surface area contributed by atoms with Gasteiger partial charge in [0.15, 0.2) is 0 Å². The Bertz CT molecular complexity index is 512. The number of sulfonamides is 1. The highest BCUT2D eigenvalue weighted by molar-refractivity contribution is 8.03. The van der Waals surface area contributed by atoms with E-state index in [0.29, 0.717) is 12.8 Å². The molecule has 1 rings (SSSR count). The lowest BCUT2D eigenvalue weighted by molar-refractivity contribution is 0.496. The van der Waals surface area contributed by atoms with Crippen molar-refractivity contribution in [3.63, 3.8) is 0 Å². The van der Waals surface area contributed by atoms with Gasteiger partial charge in [-0.15, -0.1) is 0 Å². The Morgan fingerprint density at radius 2 is 1.76 bits per heavy atom. The van der Waals surface area contributed by atoms with Crippen LogP contribution in [0.4, 0.5) is 0 Å². The summed E-state index contributed by atoms with van der Waals surface area (Å²) >= 11 is 0. The molecule has 0 unspecified atom stereocenters. The normalized spacial score (nSPS) is 18.2. The van der Waals surface area contributed by atoms with Crippen LogP contribution in [0.25, 0.3) is 0 Å². The van der Waals surface area contributed by atoms with Gasteiger partial charge in [-0.2, -0.15) is 8.42 Å². The van der Waals surface area contributed by atoms with Crippen LogP contribution >= 0.6 is 0 Å². The molecule has 0 amide bonds. The molecular formula is C8H14N2O5S2. The van der Waals surface area contributed by atoms with Crippen molar-refractivity contribution in [1.29, 1.82) is 0 Å². The molecule has 0 atom stereocenters. The van der Waals surface area contributed by atoms with E-state index in [2.05, 4.69) is 4.40 Å². The Hall–Kier alpha value is -0.760. The van der Waals surface area contributed by atoms with Crippen LogP contribution in [0.3, 0.4) is 0 Å². The van der Waals surface area contributed by atoms with Crippen molar-refractivity contribution in [2.75, 3.05) is 6.54 Å². The van der Waals surface area contributed by atoms with Gasteiger partial charge in [-0.1, -0.05) is 27.9 Å². The lowest BCUT2D eigenvalue weighted by atomic mass is 10.4. The van der Waals surface area contributed by atoms with E-state index >= 15 is 0 Å². The summed E-state index contributed by atoms with van der Waals surface area (Å²) in [6.45, 7) is 1.11. The Balaban J connectivity index is 3.14. The fraction of sp³-hybridized carbons (Fsp3) is 0.875. The van der Waals surface area contributed by atoms with Gasteiger partial charge in [0.1, 0.15) is 0 Å². The van der Waals surface area contributed by atoms with Crippen molar-refractivity contribution >= 4 is 26.3 Å². The minimum atomic E-state index is -4.47. The zero-order valence-corrected chi connectivity index (χ0v) is 11.0. The van der Waals surface area contributed by atoms with E-state index in [9.17, 15) is 21.6 Å². The quantitative estimate of drug-likeness (QED) is 0.528. The van der Waals surface area contributed by atoms with Crippen LogP contribution in [0.15, 0.2) is 4.40 Å². The molecule has 0 bridgehead atoms. The zero-order valence-electron chi connectivity index (χ0n) is 9.37. The maximum absolute atomic E-state index is 12.0. The van der Waals surface area contributed by atoms with Gasteiger partial charge in [0, 0.05) is 6.54 Å². The molecule has 0 N–H and O–H groups in total. The van der Waals surface area contributed by atoms with Gasteiger partial charge in [0.25, 0.3) is 6.08 Å². The second kappa shape index (κ2) is 5.26. The van der Waals surface area contributed by atoms with Gasteiger partial charge in [-0.25, -0.2) is 13.2 Å². The molecule has 0 aliphatic heterocycles. The maximum Gasteiger partial charge on any atom is 0.345 e. The summed E-state index contributed by atoms with van der Waals surface area (Å²) in [5.74, 6) is 0. The van der Waals surface area contributed by atoms with Crippen LogP contribution in [-0.2, 0) is 25.0 Å². The average Bonchev–Trinajstić information content (AvgIpc) is 2.70. The van der Waals surface area contributed by atoms with Crippen molar-refractivity contribution < 1.29 is 21.6 Å². The van der Waals surface area contributed by atoms with Gasteiger partial charge in [-0.05, 0) is 12.8 Å². The third-order valence-corrected chi connectivity index (χ3v) is 7.08. The van der Waals surface area contributed by atoms with Crippen molar-refractivity contribution in [2.24, 2.45) is 4.40 Å². The van der Waals surface area contributed by atoms with E-state index in [-0.39, 0.29) is 10.3 Å². The summed E-state index contributed by atoms with van der Waals surface area (Å²) < 4.78 is 49.9. The van der Waals surface area contributed by atoms with E-state index in [4.69, 9.17) is 0 Å². The van der Waals surface area contributed by atoms with Crippen LogP contribution in [-0.4, -0.2) is 38.4 Å². The average molecular weight is 282 g/mol. The fourth-order valence-corrected chi connectivity index (χ4v) is 5.57. The highest BCUT2D eigenvalue weighted by Crippen LogP contribution is 2.28. The number of nitrogens with zero attached hydrogens (tertiary/aromatic N) is 2. The summed E-state index contributed by atoms with van der Waals surface area (Å²) in [4.78, 5) is 10.00. The van der Waals surface area contributed by atoms with Crippen LogP contribution in [0.5, 0.6) is 0 Å². The van der Waals surface area contributed by atoms with E-state index < -0.39 is 25.5 Å². The molecule has 1 aliphatic rings. The maximum atomic E-state index is 12.0. The van der Waals surface area contributed by atoms with Crippen molar-refractivity contribution in [3.05, 3.63) is 0 Å². The molecule has 1 saturated carbocycles. The number of hydrogen-bond donors (Lipinski definition) is 0. The van der Waals surface area contributed by atoms with Crippen LogP contribution in [0.2, 0.25) is 0 Å². The van der Waals surface area contributed by atoms with Gasteiger partial charge >= 0.3 is 10.2 Å². The summed E-state index contributed by atoms with van der Waals surface area (Å²) in [6, 6.07) is 0. The SMILES string of the molecule is CCN(S(=O)(=O)N=C=O)S(=O)(=O)C1CCCC1. The molecule has 0 aromatic carbocycles. The molecule has 98 valence electrons. The first-order valence-corrected chi connectivity index (χ1v) is 8.12. The molecule has 0 aromatic rings. The Morgan fingerprint density at radius 3 is 2.18 bits per heavy atom. The minimum Gasteiger partial charge on any atom is -0.211 e. The Morgan fingerprint density at radius 1 is 1.24 bits per heavy atom. The van der Waals surface area contributed by atoms with E-state index in [1.165, 1.54) is 6.92 Å². The highest BCUT2D eigenvalue weighted by atomic mass is 32.3. The lowest BCUT2D eigenvalue weighted by Gasteiger charge is -2.20. The van der Waals surface area contributed by atoms with Crippen LogP contribution < -0.4 is 0 Å². The second-order valence-electron chi connectivity index (χ2n) is 3.70. The van der Waals surface area contributed by atoms with Crippen LogP contribution in [0.1, 0.15) is 32.6 Å². The molecule has 17 heavy (non-hydrogen) atoms. The highest BCUT2D eigenvalue weighted by Gasteiger charge is 2.39. The van der Waals surface area contributed by atoms with Crippen molar-refractivity contribution in [1.82, 2.24) is 3.71 Å². The Kier molecular flexibility index (Phi) is 4.42. The third kappa shape index (κ3) is 2.92. The molecule has 0 saturated heterocycles. The summed E-state index contributed by atoms with van der Waals surface area (Å²) in [5.41, 5.74) is 0. The molecule has 0 aromatic heterocycles. The number of rotatable bonds is 5. The topological polar surface area (TPSA) is 101 Å². The Labute approximate surface area is 101 Å². The van der Waals surface area contributed by atoms with Gasteiger partial charge in [-0.3, -0.25) is 0 Å². The largest absolute Gasteiger partial charge is 0.345 e. The summed E-state index contributed by atoms with van der Waals surface area (Å²) in [7, 11) is -8.43. The molecule has 1 aliphatic carbocycles.